The van der Waals surface area contributed by atoms with Crippen LogP contribution in [0.4, 0.5) is 0 Å². The van der Waals surface area contributed by atoms with Crippen molar-refractivity contribution in [2.75, 3.05) is 7.11 Å². The number of carboxylic acid groups (broad SMARTS) is 1. The molecular weight excluding hydrogens is 244 g/mol. The number of hydrogen-bond acceptors (Lipinski definition) is 3. The Morgan fingerprint density at radius 3 is 2.76 bits per heavy atom. The third kappa shape index (κ3) is 1.97. The van der Waals surface area contributed by atoms with Crippen molar-refractivity contribution < 1.29 is 14.6 Å². The van der Waals surface area contributed by atoms with Gasteiger partial charge >= 0.3 is 5.97 Å². The van der Waals surface area contributed by atoms with Crippen molar-refractivity contribution in [1.82, 2.24) is 9.78 Å². The molecule has 0 aliphatic carbocycles. The number of carbonyl (C=O) groups is 1. The molecule has 0 amide bonds. The van der Waals surface area contributed by atoms with Gasteiger partial charge in [0.25, 0.3) is 0 Å². The second kappa shape index (κ2) is 4.47. The molecule has 1 aromatic carbocycles. The summed E-state index contributed by atoms with van der Waals surface area (Å²) >= 11 is 5.95. The van der Waals surface area contributed by atoms with Crippen LogP contribution >= 0.6 is 11.6 Å². The van der Waals surface area contributed by atoms with Crippen LogP contribution < -0.4 is 4.74 Å². The number of methoxy groups -OCH3 is 1. The van der Waals surface area contributed by atoms with Crippen LogP contribution in [0.25, 0.3) is 5.69 Å². The van der Waals surface area contributed by atoms with E-state index in [1.54, 1.807) is 24.3 Å². The Balaban J connectivity index is 2.57. The second-order valence-corrected chi connectivity index (χ2v) is 3.60. The van der Waals surface area contributed by atoms with E-state index in [0.717, 1.165) is 0 Å². The predicted molar refractivity (Wildman–Crippen MR) is 62.1 cm³/mol. The fourth-order valence-electron chi connectivity index (χ4n) is 1.45. The highest BCUT2D eigenvalue weighted by molar-refractivity contribution is 6.32. The largest absolute Gasteiger partial charge is 0.494 e. The number of benzene rings is 1. The predicted octanol–water partition coefficient (Wildman–Crippen LogP) is 2.23. The van der Waals surface area contributed by atoms with E-state index >= 15 is 0 Å². The zero-order valence-electron chi connectivity index (χ0n) is 8.92. The van der Waals surface area contributed by atoms with E-state index in [4.69, 9.17) is 21.4 Å². The zero-order chi connectivity index (χ0) is 12.4. The summed E-state index contributed by atoms with van der Waals surface area (Å²) in [5.74, 6) is -0.550. The van der Waals surface area contributed by atoms with Crippen LogP contribution in [0, 0.1) is 0 Å². The third-order valence-electron chi connectivity index (χ3n) is 2.25. The number of ether oxygens (including phenoxy) is 1. The SMILES string of the molecule is COc1ccccc1-n1ncc(C(=O)O)c1Cl. The summed E-state index contributed by atoms with van der Waals surface area (Å²) in [6, 6.07) is 7.07. The minimum atomic E-state index is -1.11. The topological polar surface area (TPSA) is 64.4 Å². The highest BCUT2D eigenvalue weighted by atomic mass is 35.5. The maximum absolute atomic E-state index is 10.9. The smallest absolute Gasteiger partial charge is 0.340 e. The highest BCUT2D eigenvalue weighted by Crippen LogP contribution is 2.26. The lowest BCUT2D eigenvalue weighted by Gasteiger charge is -2.08. The molecule has 0 unspecified atom stereocenters. The van der Waals surface area contributed by atoms with Gasteiger partial charge in [0, 0.05) is 0 Å². The minimum Gasteiger partial charge on any atom is -0.494 e. The average molecular weight is 253 g/mol. The van der Waals surface area contributed by atoms with Crippen molar-refractivity contribution in [2.45, 2.75) is 0 Å². The molecule has 1 heterocycles. The summed E-state index contributed by atoms with van der Waals surface area (Å²) in [5.41, 5.74) is 0.546. The number of hydrogen-bond donors (Lipinski definition) is 1. The van der Waals surface area contributed by atoms with Crippen LogP contribution in [0.15, 0.2) is 30.5 Å². The monoisotopic (exact) mass is 252 g/mol. The molecular formula is C11H9ClN2O3. The Bertz CT molecular complexity index is 566. The fourth-order valence-corrected chi connectivity index (χ4v) is 1.71. The number of aromatic nitrogens is 2. The Morgan fingerprint density at radius 1 is 1.47 bits per heavy atom. The molecule has 2 rings (SSSR count). The number of nitrogens with zero attached hydrogens (tertiary/aromatic N) is 2. The minimum absolute atomic E-state index is 0.0435. The van der Waals surface area contributed by atoms with Crippen LogP contribution in [0.5, 0.6) is 5.75 Å². The molecule has 0 bridgehead atoms. The summed E-state index contributed by atoms with van der Waals surface area (Å²) in [4.78, 5) is 10.9. The first-order valence-corrected chi connectivity index (χ1v) is 5.13. The fraction of sp³-hybridized carbons (Fsp3) is 0.0909. The lowest BCUT2D eigenvalue weighted by Crippen LogP contribution is -2.01. The number of halogens is 1. The molecule has 2 aromatic rings. The van der Waals surface area contributed by atoms with E-state index in [0.29, 0.717) is 11.4 Å². The van der Waals surface area contributed by atoms with Crippen molar-refractivity contribution >= 4 is 17.6 Å². The van der Waals surface area contributed by atoms with Gasteiger partial charge in [-0.25, -0.2) is 9.48 Å². The molecule has 17 heavy (non-hydrogen) atoms. The van der Waals surface area contributed by atoms with E-state index in [9.17, 15) is 4.79 Å². The molecule has 0 spiro atoms. The third-order valence-corrected chi connectivity index (χ3v) is 2.62. The van der Waals surface area contributed by atoms with Gasteiger partial charge in [0.1, 0.15) is 22.2 Å². The molecule has 0 radical (unpaired) electrons. The summed E-state index contributed by atoms with van der Waals surface area (Å²) in [7, 11) is 1.52. The van der Waals surface area contributed by atoms with Gasteiger partial charge in [0.05, 0.1) is 13.3 Å². The van der Waals surface area contributed by atoms with Crippen LogP contribution in [0.2, 0.25) is 5.15 Å². The van der Waals surface area contributed by atoms with Gasteiger partial charge in [0.15, 0.2) is 0 Å². The number of rotatable bonds is 3. The standard InChI is InChI=1S/C11H9ClN2O3/c1-17-9-5-3-2-4-8(9)14-10(12)7(6-13-14)11(15)16/h2-6H,1H3,(H,15,16). The molecule has 0 saturated carbocycles. The molecule has 6 heteroatoms. The van der Waals surface area contributed by atoms with Gasteiger partial charge in [-0.2, -0.15) is 5.10 Å². The maximum Gasteiger partial charge on any atom is 0.340 e. The Morgan fingerprint density at radius 2 is 2.18 bits per heavy atom. The number of carboxylic acids is 1. The molecule has 0 atom stereocenters. The zero-order valence-corrected chi connectivity index (χ0v) is 9.68. The van der Waals surface area contributed by atoms with Gasteiger partial charge < -0.3 is 9.84 Å². The van der Waals surface area contributed by atoms with E-state index in [1.807, 2.05) is 0 Å². The maximum atomic E-state index is 10.9. The summed E-state index contributed by atoms with van der Waals surface area (Å²) in [5, 5.41) is 12.9. The van der Waals surface area contributed by atoms with Gasteiger partial charge in [-0.05, 0) is 12.1 Å². The summed E-state index contributed by atoms with van der Waals surface area (Å²) < 4.78 is 6.48. The van der Waals surface area contributed by atoms with Crippen molar-refractivity contribution in [2.24, 2.45) is 0 Å². The first kappa shape index (κ1) is 11.5. The molecule has 1 N–H and O–H groups in total. The Kier molecular flexibility index (Phi) is 3.01. The first-order valence-electron chi connectivity index (χ1n) is 4.75. The molecule has 0 saturated heterocycles. The first-order chi connectivity index (χ1) is 8.15. The van der Waals surface area contributed by atoms with Crippen molar-refractivity contribution in [1.29, 1.82) is 0 Å². The van der Waals surface area contributed by atoms with Crippen LogP contribution in [-0.2, 0) is 0 Å². The van der Waals surface area contributed by atoms with Gasteiger partial charge in [-0.3, -0.25) is 0 Å². The van der Waals surface area contributed by atoms with Crippen LogP contribution in [0.1, 0.15) is 10.4 Å². The lowest BCUT2D eigenvalue weighted by molar-refractivity contribution is 0.0697. The molecule has 0 fully saturated rings. The van der Waals surface area contributed by atoms with Crippen molar-refractivity contribution in [3.63, 3.8) is 0 Å². The normalized spacial score (nSPS) is 10.2. The van der Waals surface area contributed by atoms with Crippen molar-refractivity contribution in [3.8, 4) is 11.4 Å². The van der Waals surface area contributed by atoms with Gasteiger partial charge in [-0.1, -0.05) is 23.7 Å². The highest BCUT2D eigenvalue weighted by Gasteiger charge is 2.17. The van der Waals surface area contributed by atoms with E-state index in [1.165, 1.54) is 18.0 Å². The van der Waals surface area contributed by atoms with Gasteiger partial charge in [0.2, 0.25) is 0 Å². The van der Waals surface area contributed by atoms with Crippen LogP contribution in [0.3, 0.4) is 0 Å². The van der Waals surface area contributed by atoms with E-state index in [-0.39, 0.29) is 10.7 Å². The van der Waals surface area contributed by atoms with E-state index in [2.05, 4.69) is 5.10 Å². The molecule has 0 aliphatic rings. The lowest BCUT2D eigenvalue weighted by atomic mass is 10.3. The van der Waals surface area contributed by atoms with Crippen LogP contribution in [-0.4, -0.2) is 28.0 Å². The average Bonchev–Trinajstić information content (AvgIpc) is 2.71. The van der Waals surface area contributed by atoms with Gasteiger partial charge in [-0.15, -0.1) is 0 Å². The summed E-state index contributed by atoms with van der Waals surface area (Å²) in [6.07, 6.45) is 1.21. The Hall–Kier alpha value is -2.01. The number of aromatic carboxylic acids is 1. The van der Waals surface area contributed by atoms with Crippen molar-refractivity contribution in [3.05, 3.63) is 41.2 Å². The molecule has 5 nitrogen and oxygen atoms in total. The summed E-state index contributed by atoms with van der Waals surface area (Å²) in [6.45, 7) is 0. The van der Waals surface area contributed by atoms with E-state index < -0.39 is 5.97 Å². The quantitative estimate of drug-likeness (QED) is 0.910. The number of para-hydroxylation sites is 2. The Labute approximate surface area is 102 Å². The molecule has 0 aliphatic heterocycles. The molecule has 1 aromatic heterocycles. The second-order valence-electron chi connectivity index (χ2n) is 3.24. The molecule has 88 valence electrons.